The van der Waals surface area contributed by atoms with Crippen LogP contribution in [0.25, 0.3) is 0 Å². The molecule has 1 heterocycles. The summed E-state index contributed by atoms with van der Waals surface area (Å²) in [5, 5.41) is 3.24. The summed E-state index contributed by atoms with van der Waals surface area (Å²) < 4.78 is 23.9. The fraction of sp³-hybridized carbons (Fsp3) is 0.533. The molecule has 1 N–H and O–H groups in total. The molecule has 0 aromatic heterocycles. The van der Waals surface area contributed by atoms with Crippen LogP contribution in [0.3, 0.4) is 0 Å². The van der Waals surface area contributed by atoms with Crippen LogP contribution < -0.4 is 5.32 Å². The lowest BCUT2D eigenvalue weighted by atomic mass is 10.1. The van der Waals surface area contributed by atoms with Crippen molar-refractivity contribution in [2.45, 2.75) is 31.2 Å². The minimum atomic E-state index is -3.22. The average molecular weight is 310 g/mol. The molecule has 1 unspecified atom stereocenters. The second kappa shape index (κ2) is 6.58. The fourth-order valence-corrected chi connectivity index (χ4v) is 3.82. The van der Waals surface area contributed by atoms with Crippen LogP contribution in [0.1, 0.15) is 30.6 Å². The number of hydrogen-bond acceptors (Lipinski definition) is 4. The van der Waals surface area contributed by atoms with E-state index in [0.717, 1.165) is 13.1 Å². The molecule has 21 heavy (non-hydrogen) atoms. The second-order valence-corrected chi connectivity index (χ2v) is 7.50. The Kier molecular flexibility index (Phi) is 5.00. The molecular weight excluding hydrogens is 288 g/mol. The number of carbonyl (C=O) groups excluding carboxylic acids is 1. The normalized spacial score (nSPS) is 19.5. The third kappa shape index (κ3) is 3.63. The van der Waals surface area contributed by atoms with Gasteiger partial charge in [-0.05, 0) is 37.6 Å². The van der Waals surface area contributed by atoms with Crippen molar-refractivity contribution in [1.29, 1.82) is 0 Å². The maximum absolute atomic E-state index is 12.4. The van der Waals surface area contributed by atoms with Crippen LogP contribution in [-0.4, -0.2) is 50.7 Å². The highest BCUT2D eigenvalue weighted by Gasteiger charge is 2.24. The van der Waals surface area contributed by atoms with Gasteiger partial charge >= 0.3 is 0 Å². The van der Waals surface area contributed by atoms with Gasteiger partial charge in [-0.2, -0.15) is 0 Å². The summed E-state index contributed by atoms with van der Waals surface area (Å²) in [6.07, 6.45) is 0.585. The molecule has 1 aliphatic rings. The monoisotopic (exact) mass is 310 g/mol. The van der Waals surface area contributed by atoms with Crippen LogP contribution in [-0.2, 0) is 9.84 Å². The van der Waals surface area contributed by atoms with E-state index in [0.29, 0.717) is 18.5 Å². The van der Waals surface area contributed by atoms with E-state index in [-0.39, 0.29) is 22.6 Å². The average Bonchev–Trinajstić information content (AvgIpc) is 2.47. The van der Waals surface area contributed by atoms with E-state index in [2.05, 4.69) is 5.32 Å². The van der Waals surface area contributed by atoms with Gasteiger partial charge in [-0.3, -0.25) is 4.79 Å². The molecule has 1 atom stereocenters. The zero-order valence-corrected chi connectivity index (χ0v) is 13.3. The first kappa shape index (κ1) is 16.0. The van der Waals surface area contributed by atoms with Gasteiger partial charge in [0.15, 0.2) is 9.84 Å². The summed E-state index contributed by atoms with van der Waals surface area (Å²) >= 11 is 0. The number of nitrogens with zero attached hydrogens (tertiary/aromatic N) is 1. The minimum Gasteiger partial charge on any atom is -0.333 e. The Hall–Kier alpha value is -1.40. The van der Waals surface area contributed by atoms with E-state index >= 15 is 0 Å². The molecule has 0 saturated carbocycles. The number of benzene rings is 1. The molecule has 0 radical (unpaired) electrons. The number of rotatable bonds is 4. The summed E-state index contributed by atoms with van der Waals surface area (Å²) in [5.74, 6) is 0.0956. The van der Waals surface area contributed by atoms with E-state index in [1.54, 1.807) is 12.1 Å². The molecule has 0 aliphatic carbocycles. The van der Waals surface area contributed by atoms with Crippen molar-refractivity contribution < 1.29 is 13.2 Å². The molecule has 1 aromatic carbocycles. The third-order valence-corrected chi connectivity index (χ3v) is 5.63. The van der Waals surface area contributed by atoms with Crippen molar-refractivity contribution in [1.82, 2.24) is 10.2 Å². The van der Waals surface area contributed by atoms with Gasteiger partial charge in [0.05, 0.1) is 10.6 Å². The van der Waals surface area contributed by atoms with Gasteiger partial charge in [0.1, 0.15) is 0 Å². The molecule has 0 bridgehead atoms. The van der Waals surface area contributed by atoms with Crippen LogP contribution in [0.5, 0.6) is 0 Å². The quantitative estimate of drug-likeness (QED) is 0.910. The molecule has 6 heteroatoms. The van der Waals surface area contributed by atoms with Gasteiger partial charge in [0.25, 0.3) is 5.91 Å². The van der Waals surface area contributed by atoms with Crippen LogP contribution in [0.15, 0.2) is 29.2 Å². The lowest BCUT2D eigenvalue weighted by Gasteiger charge is -2.34. The van der Waals surface area contributed by atoms with E-state index in [4.69, 9.17) is 0 Å². The van der Waals surface area contributed by atoms with E-state index in [9.17, 15) is 13.2 Å². The van der Waals surface area contributed by atoms with E-state index in [1.165, 1.54) is 12.1 Å². The van der Waals surface area contributed by atoms with Crippen LogP contribution >= 0.6 is 0 Å². The summed E-state index contributed by atoms with van der Waals surface area (Å²) in [6.45, 7) is 6.09. The molecule has 1 amide bonds. The summed E-state index contributed by atoms with van der Waals surface area (Å²) in [7, 11) is -3.22. The summed E-state index contributed by atoms with van der Waals surface area (Å²) in [6, 6.07) is 6.44. The zero-order valence-electron chi connectivity index (χ0n) is 12.5. The molecule has 1 fully saturated rings. The minimum absolute atomic E-state index is 0.0385. The SMILES string of the molecule is CCCS(=O)(=O)c1ccc(C(=O)N2CCNCC2C)cc1. The molecule has 5 nitrogen and oxygen atoms in total. The lowest BCUT2D eigenvalue weighted by Crippen LogP contribution is -2.52. The number of hydrogen-bond donors (Lipinski definition) is 1. The second-order valence-electron chi connectivity index (χ2n) is 5.39. The topological polar surface area (TPSA) is 66.5 Å². The van der Waals surface area contributed by atoms with Gasteiger partial charge in [-0.1, -0.05) is 6.92 Å². The maximum atomic E-state index is 12.4. The Labute approximate surface area is 126 Å². The molecule has 1 saturated heterocycles. The van der Waals surface area contributed by atoms with Gasteiger partial charge in [0.2, 0.25) is 0 Å². The van der Waals surface area contributed by atoms with Crippen LogP contribution in [0, 0.1) is 0 Å². The van der Waals surface area contributed by atoms with Crippen molar-refractivity contribution in [3.8, 4) is 0 Å². The van der Waals surface area contributed by atoms with Crippen molar-refractivity contribution in [2.75, 3.05) is 25.4 Å². The zero-order chi connectivity index (χ0) is 15.5. The molecule has 1 aromatic rings. The Morgan fingerprint density at radius 1 is 1.33 bits per heavy atom. The fourth-order valence-electron chi connectivity index (χ4n) is 2.50. The molecule has 0 spiro atoms. The van der Waals surface area contributed by atoms with Gasteiger partial charge in [0, 0.05) is 31.2 Å². The maximum Gasteiger partial charge on any atom is 0.254 e. The van der Waals surface area contributed by atoms with Gasteiger partial charge in [-0.25, -0.2) is 8.42 Å². The Morgan fingerprint density at radius 2 is 2.00 bits per heavy atom. The highest BCUT2D eigenvalue weighted by atomic mass is 32.2. The Morgan fingerprint density at radius 3 is 2.57 bits per heavy atom. The molecule has 116 valence electrons. The number of amides is 1. The van der Waals surface area contributed by atoms with Gasteiger partial charge < -0.3 is 10.2 Å². The summed E-state index contributed by atoms with van der Waals surface area (Å²) in [4.78, 5) is 14.6. The van der Waals surface area contributed by atoms with Crippen molar-refractivity contribution in [3.63, 3.8) is 0 Å². The number of sulfone groups is 1. The van der Waals surface area contributed by atoms with E-state index in [1.807, 2.05) is 18.7 Å². The highest BCUT2D eigenvalue weighted by molar-refractivity contribution is 7.91. The van der Waals surface area contributed by atoms with Gasteiger partial charge in [-0.15, -0.1) is 0 Å². The first-order valence-corrected chi connectivity index (χ1v) is 8.95. The number of carbonyl (C=O) groups is 1. The molecule has 2 rings (SSSR count). The highest BCUT2D eigenvalue weighted by Crippen LogP contribution is 2.16. The first-order valence-electron chi connectivity index (χ1n) is 7.30. The molecule has 1 aliphatic heterocycles. The Bertz CT molecular complexity index is 596. The van der Waals surface area contributed by atoms with Crippen molar-refractivity contribution >= 4 is 15.7 Å². The standard InChI is InChI=1S/C15H22N2O3S/c1-3-10-21(19,20)14-6-4-13(5-7-14)15(18)17-9-8-16-11-12(17)2/h4-7,12,16H,3,8-11H2,1-2H3. The first-order chi connectivity index (χ1) is 9.95. The molecular formula is C15H22N2O3S. The largest absolute Gasteiger partial charge is 0.333 e. The lowest BCUT2D eigenvalue weighted by molar-refractivity contribution is 0.0655. The number of piperazine rings is 1. The van der Waals surface area contributed by atoms with Crippen LogP contribution in [0.2, 0.25) is 0 Å². The van der Waals surface area contributed by atoms with E-state index < -0.39 is 9.84 Å². The Balaban J connectivity index is 2.17. The smallest absolute Gasteiger partial charge is 0.254 e. The van der Waals surface area contributed by atoms with Crippen molar-refractivity contribution in [3.05, 3.63) is 29.8 Å². The predicted molar refractivity (Wildman–Crippen MR) is 82.2 cm³/mol. The van der Waals surface area contributed by atoms with Crippen LogP contribution in [0.4, 0.5) is 0 Å². The van der Waals surface area contributed by atoms with Crippen molar-refractivity contribution in [2.24, 2.45) is 0 Å². The number of nitrogens with one attached hydrogen (secondary N) is 1. The third-order valence-electron chi connectivity index (χ3n) is 3.70. The predicted octanol–water partition coefficient (Wildman–Crippen LogP) is 1.30. The summed E-state index contributed by atoms with van der Waals surface area (Å²) in [5.41, 5.74) is 0.541.